The van der Waals surface area contributed by atoms with Gasteiger partial charge in [-0.2, -0.15) is 0 Å². The molecule has 8 heteroatoms. The van der Waals surface area contributed by atoms with Gasteiger partial charge in [0.2, 0.25) is 17.7 Å². The van der Waals surface area contributed by atoms with Crippen molar-refractivity contribution in [1.82, 2.24) is 15.2 Å². The van der Waals surface area contributed by atoms with Crippen LogP contribution in [-0.2, 0) is 33.9 Å². The largest absolute Gasteiger partial charge is 0.352 e. The number of aromatic nitrogens is 1. The molecule has 2 aromatic carbocycles. The summed E-state index contributed by atoms with van der Waals surface area (Å²) in [7, 11) is 0. The Bertz CT molecular complexity index is 1310. The number of amides is 3. The van der Waals surface area contributed by atoms with E-state index in [9.17, 15) is 18.8 Å². The van der Waals surface area contributed by atoms with Crippen LogP contribution in [0.5, 0.6) is 0 Å². The fourth-order valence-electron chi connectivity index (χ4n) is 4.59. The zero-order chi connectivity index (χ0) is 27.3. The predicted molar refractivity (Wildman–Crippen MR) is 143 cm³/mol. The smallest absolute Gasteiger partial charge is 0.250 e. The van der Waals surface area contributed by atoms with Crippen molar-refractivity contribution in [2.45, 2.75) is 52.7 Å². The normalized spacial score (nSPS) is 15.6. The van der Waals surface area contributed by atoms with E-state index in [1.807, 2.05) is 45.0 Å². The molecule has 198 valence electrons. The van der Waals surface area contributed by atoms with E-state index in [2.05, 4.69) is 10.3 Å². The van der Waals surface area contributed by atoms with Crippen molar-refractivity contribution in [2.75, 3.05) is 11.4 Å². The minimum Gasteiger partial charge on any atom is -0.352 e. The molecule has 0 saturated heterocycles. The Morgan fingerprint density at radius 3 is 2.50 bits per heavy atom. The van der Waals surface area contributed by atoms with Crippen LogP contribution in [-0.4, -0.2) is 40.2 Å². The van der Waals surface area contributed by atoms with Crippen LogP contribution in [0.25, 0.3) is 0 Å². The molecule has 7 nitrogen and oxygen atoms in total. The summed E-state index contributed by atoms with van der Waals surface area (Å²) in [4.78, 5) is 48.1. The first-order valence-corrected chi connectivity index (χ1v) is 12.7. The van der Waals surface area contributed by atoms with Crippen LogP contribution in [0.3, 0.4) is 0 Å². The SMILES string of the molecule is CC(C)(C)CN1C(=O)C(CC(=O)NCc2ccccc2F)N(C(=O)Cc2cccnc2)Cc2ccccc21. The Morgan fingerprint density at radius 2 is 1.79 bits per heavy atom. The van der Waals surface area contributed by atoms with E-state index in [0.717, 1.165) is 16.8 Å². The highest BCUT2D eigenvalue weighted by molar-refractivity contribution is 6.03. The van der Waals surface area contributed by atoms with E-state index in [4.69, 9.17) is 0 Å². The molecule has 0 bridgehead atoms. The Hall–Kier alpha value is -4.07. The molecule has 2 heterocycles. The van der Waals surface area contributed by atoms with Gasteiger partial charge in [0.25, 0.3) is 0 Å². The van der Waals surface area contributed by atoms with Crippen molar-refractivity contribution in [3.05, 3.63) is 95.6 Å². The quantitative estimate of drug-likeness (QED) is 0.509. The van der Waals surface area contributed by atoms with Gasteiger partial charge in [-0.3, -0.25) is 19.4 Å². The number of benzene rings is 2. The average molecular weight is 517 g/mol. The molecule has 0 saturated carbocycles. The number of nitrogens with zero attached hydrogens (tertiary/aromatic N) is 3. The Labute approximate surface area is 222 Å². The topological polar surface area (TPSA) is 82.6 Å². The number of carbonyl (C=O) groups excluding carboxylic acids is 3. The summed E-state index contributed by atoms with van der Waals surface area (Å²) in [5, 5.41) is 2.72. The fraction of sp³-hybridized carbons (Fsp3) is 0.333. The van der Waals surface area contributed by atoms with Gasteiger partial charge in [-0.15, -0.1) is 0 Å². The fourth-order valence-corrected chi connectivity index (χ4v) is 4.59. The summed E-state index contributed by atoms with van der Waals surface area (Å²) in [5.41, 5.74) is 2.41. The van der Waals surface area contributed by atoms with E-state index >= 15 is 0 Å². The maximum atomic E-state index is 14.1. The molecule has 3 amide bonds. The molecule has 0 aliphatic carbocycles. The summed E-state index contributed by atoms with van der Waals surface area (Å²) in [6.07, 6.45) is 3.07. The first kappa shape index (κ1) is 27.0. The minimum absolute atomic E-state index is 0.0119. The lowest BCUT2D eigenvalue weighted by Crippen LogP contribution is -2.52. The average Bonchev–Trinajstić information content (AvgIpc) is 2.99. The third-order valence-corrected chi connectivity index (χ3v) is 6.39. The lowest BCUT2D eigenvalue weighted by Gasteiger charge is -2.33. The highest BCUT2D eigenvalue weighted by Crippen LogP contribution is 2.32. The highest BCUT2D eigenvalue weighted by atomic mass is 19.1. The van der Waals surface area contributed by atoms with Gasteiger partial charge in [-0.1, -0.05) is 63.2 Å². The summed E-state index contributed by atoms with van der Waals surface area (Å²) in [5.74, 6) is -1.44. The second kappa shape index (κ2) is 11.5. The minimum atomic E-state index is -1.02. The maximum Gasteiger partial charge on any atom is 0.250 e. The van der Waals surface area contributed by atoms with Gasteiger partial charge < -0.3 is 15.1 Å². The van der Waals surface area contributed by atoms with Gasteiger partial charge in [0.05, 0.1) is 12.8 Å². The Balaban J connectivity index is 1.65. The zero-order valence-corrected chi connectivity index (χ0v) is 22.0. The lowest BCUT2D eigenvalue weighted by atomic mass is 9.95. The molecule has 1 aliphatic heterocycles. The third kappa shape index (κ3) is 6.62. The maximum absolute atomic E-state index is 14.1. The second-order valence-electron chi connectivity index (χ2n) is 10.8. The van der Waals surface area contributed by atoms with Gasteiger partial charge in [-0.05, 0) is 34.7 Å². The molecule has 0 radical (unpaired) electrons. The van der Waals surface area contributed by atoms with Crippen LogP contribution in [0, 0.1) is 11.2 Å². The number of fused-ring (bicyclic) bond motifs is 1. The Kier molecular flexibility index (Phi) is 8.20. The van der Waals surface area contributed by atoms with Gasteiger partial charge in [0, 0.05) is 43.3 Å². The van der Waals surface area contributed by atoms with E-state index in [0.29, 0.717) is 12.1 Å². The predicted octanol–water partition coefficient (Wildman–Crippen LogP) is 4.26. The number of carbonyl (C=O) groups is 3. The number of para-hydroxylation sites is 1. The van der Waals surface area contributed by atoms with Crippen molar-refractivity contribution in [3.63, 3.8) is 0 Å². The van der Waals surface area contributed by atoms with Crippen molar-refractivity contribution in [2.24, 2.45) is 5.41 Å². The third-order valence-electron chi connectivity index (χ3n) is 6.39. The van der Waals surface area contributed by atoms with Crippen molar-refractivity contribution >= 4 is 23.4 Å². The zero-order valence-electron chi connectivity index (χ0n) is 22.0. The standard InChI is InChI=1S/C30H33FN4O3/c1-30(2,3)20-35-25-13-7-5-11-23(25)19-34(28(37)15-21-9-8-14-32-17-21)26(29(35)38)16-27(36)33-18-22-10-4-6-12-24(22)31/h4-14,17,26H,15-16,18-20H2,1-3H3,(H,33,36). The highest BCUT2D eigenvalue weighted by Gasteiger charge is 2.40. The first-order valence-electron chi connectivity index (χ1n) is 12.7. The van der Waals surface area contributed by atoms with Crippen molar-refractivity contribution < 1.29 is 18.8 Å². The summed E-state index contributed by atoms with van der Waals surface area (Å²) >= 11 is 0. The molecule has 1 atom stereocenters. The van der Waals surface area contributed by atoms with Crippen LogP contribution in [0.4, 0.5) is 10.1 Å². The number of pyridine rings is 1. The molecular weight excluding hydrogens is 483 g/mol. The second-order valence-corrected chi connectivity index (χ2v) is 10.8. The molecule has 1 N–H and O–H groups in total. The van der Waals surface area contributed by atoms with Gasteiger partial charge >= 0.3 is 0 Å². The summed E-state index contributed by atoms with van der Waals surface area (Å²) in [6, 6.07) is 16.3. The number of hydrogen-bond donors (Lipinski definition) is 1. The molecule has 0 fully saturated rings. The number of nitrogens with one attached hydrogen (secondary N) is 1. The molecule has 4 rings (SSSR count). The molecule has 1 unspecified atom stereocenters. The van der Waals surface area contributed by atoms with Crippen LogP contribution < -0.4 is 10.2 Å². The van der Waals surface area contributed by atoms with E-state index in [-0.39, 0.29) is 43.2 Å². The molecule has 1 aliphatic rings. The van der Waals surface area contributed by atoms with Crippen molar-refractivity contribution in [3.8, 4) is 0 Å². The van der Waals surface area contributed by atoms with E-state index in [1.54, 1.807) is 47.6 Å². The molecule has 0 spiro atoms. The van der Waals surface area contributed by atoms with Gasteiger partial charge in [0.15, 0.2) is 0 Å². The lowest BCUT2D eigenvalue weighted by molar-refractivity contribution is -0.141. The monoisotopic (exact) mass is 516 g/mol. The first-order chi connectivity index (χ1) is 18.1. The summed E-state index contributed by atoms with van der Waals surface area (Å²) in [6.45, 7) is 6.70. The van der Waals surface area contributed by atoms with E-state index < -0.39 is 17.8 Å². The molecule has 3 aromatic rings. The molecule has 1 aromatic heterocycles. The molecule has 38 heavy (non-hydrogen) atoms. The van der Waals surface area contributed by atoms with Crippen LogP contribution in [0.1, 0.15) is 43.9 Å². The van der Waals surface area contributed by atoms with Gasteiger partial charge in [0.1, 0.15) is 11.9 Å². The van der Waals surface area contributed by atoms with Gasteiger partial charge in [-0.25, -0.2) is 4.39 Å². The number of rotatable bonds is 7. The number of hydrogen-bond acceptors (Lipinski definition) is 4. The number of anilines is 1. The molecular formula is C30H33FN4O3. The summed E-state index contributed by atoms with van der Waals surface area (Å²) < 4.78 is 14.1. The van der Waals surface area contributed by atoms with Crippen molar-refractivity contribution in [1.29, 1.82) is 0 Å². The van der Waals surface area contributed by atoms with Crippen LogP contribution in [0.2, 0.25) is 0 Å². The van der Waals surface area contributed by atoms with Crippen LogP contribution in [0.15, 0.2) is 73.1 Å². The van der Waals surface area contributed by atoms with Crippen LogP contribution >= 0.6 is 0 Å². The number of halogens is 1. The Morgan fingerprint density at radius 1 is 1.05 bits per heavy atom. The van der Waals surface area contributed by atoms with E-state index in [1.165, 1.54) is 11.0 Å².